The summed E-state index contributed by atoms with van der Waals surface area (Å²) < 4.78 is 43.9. The molecule has 0 aliphatic carbocycles. The first-order valence-electron chi connectivity index (χ1n) is 8.36. The molecule has 1 unspecified atom stereocenters. The van der Waals surface area contributed by atoms with Gasteiger partial charge >= 0.3 is 6.18 Å². The summed E-state index contributed by atoms with van der Waals surface area (Å²) in [5.74, 6) is 0.939. The number of benzene rings is 1. The number of ether oxygens (including phenoxy) is 1. The molecule has 0 amide bonds. The Bertz CT molecular complexity index is 753. The maximum atomic E-state index is 12.9. The van der Waals surface area contributed by atoms with Crippen LogP contribution in [0.3, 0.4) is 0 Å². The van der Waals surface area contributed by atoms with E-state index in [0.29, 0.717) is 0 Å². The first-order valence-corrected chi connectivity index (χ1v) is 8.36. The zero-order chi connectivity index (χ0) is 18.7. The highest BCUT2D eigenvalue weighted by atomic mass is 19.4. The third-order valence-electron chi connectivity index (χ3n) is 4.63. The van der Waals surface area contributed by atoms with Gasteiger partial charge in [-0.1, -0.05) is 18.2 Å². The number of aromatic nitrogens is 2. The standard InChI is InChI=1S/C18H21F3N4O/c1-24(17-22-9-7-16(23-17)18(19,20)21)14-8-10-25(12-14)11-13-5-3-4-6-15(13)26-2/h3-7,9,14H,8,10-12H2,1-2H3. The van der Waals surface area contributed by atoms with Crippen LogP contribution >= 0.6 is 0 Å². The molecular weight excluding hydrogens is 345 g/mol. The molecule has 140 valence electrons. The van der Waals surface area contributed by atoms with Crippen molar-refractivity contribution in [1.82, 2.24) is 14.9 Å². The summed E-state index contributed by atoms with van der Waals surface area (Å²) in [7, 11) is 3.39. The minimum absolute atomic E-state index is 0.0631. The molecule has 1 fully saturated rings. The highest BCUT2D eigenvalue weighted by Crippen LogP contribution is 2.29. The highest BCUT2D eigenvalue weighted by Gasteiger charge is 2.34. The molecule has 1 aliphatic rings. The van der Waals surface area contributed by atoms with Crippen molar-refractivity contribution in [2.45, 2.75) is 25.2 Å². The Morgan fingerprint density at radius 1 is 1.27 bits per heavy atom. The summed E-state index contributed by atoms with van der Waals surface area (Å²) in [5, 5.41) is 0. The Morgan fingerprint density at radius 3 is 2.77 bits per heavy atom. The van der Waals surface area contributed by atoms with E-state index in [1.807, 2.05) is 24.3 Å². The number of hydrogen-bond donors (Lipinski definition) is 0. The van der Waals surface area contributed by atoms with Crippen LogP contribution in [0.25, 0.3) is 0 Å². The Kier molecular flexibility index (Phi) is 5.31. The zero-order valence-corrected chi connectivity index (χ0v) is 14.7. The van der Waals surface area contributed by atoms with Crippen molar-refractivity contribution in [3.8, 4) is 5.75 Å². The van der Waals surface area contributed by atoms with Gasteiger partial charge in [0.25, 0.3) is 0 Å². The van der Waals surface area contributed by atoms with E-state index >= 15 is 0 Å². The van der Waals surface area contributed by atoms with Gasteiger partial charge < -0.3 is 9.64 Å². The Labute approximate surface area is 150 Å². The highest BCUT2D eigenvalue weighted by molar-refractivity contribution is 5.34. The number of likely N-dealkylation sites (N-methyl/N-ethyl adjacent to an activating group) is 1. The summed E-state index contributed by atoms with van der Waals surface area (Å²) in [6, 6.07) is 8.78. The zero-order valence-electron chi connectivity index (χ0n) is 14.7. The summed E-state index contributed by atoms with van der Waals surface area (Å²) in [5.41, 5.74) is 0.173. The SMILES string of the molecule is COc1ccccc1CN1CCC(N(C)c2nccc(C(F)(F)F)n2)C1. The smallest absolute Gasteiger partial charge is 0.433 e. The van der Waals surface area contributed by atoms with Crippen LogP contribution in [-0.4, -0.2) is 48.2 Å². The van der Waals surface area contributed by atoms with Crippen LogP contribution in [0.1, 0.15) is 17.7 Å². The molecule has 1 aliphatic heterocycles. The Hall–Kier alpha value is -2.35. The fourth-order valence-corrected chi connectivity index (χ4v) is 3.19. The number of alkyl halides is 3. The van der Waals surface area contributed by atoms with E-state index < -0.39 is 11.9 Å². The van der Waals surface area contributed by atoms with Gasteiger partial charge in [0.05, 0.1) is 7.11 Å². The van der Waals surface area contributed by atoms with E-state index in [1.54, 1.807) is 19.1 Å². The lowest BCUT2D eigenvalue weighted by Crippen LogP contribution is -2.35. The molecule has 26 heavy (non-hydrogen) atoms. The van der Waals surface area contributed by atoms with Crippen molar-refractivity contribution >= 4 is 5.95 Å². The molecule has 1 aromatic carbocycles. The maximum Gasteiger partial charge on any atom is 0.433 e. The molecule has 0 saturated carbocycles. The Balaban J connectivity index is 1.67. The van der Waals surface area contributed by atoms with Gasteiger partial charge in [0.15, 0.2) is 0 Å². The first-order chi connectivity index (χ1) is 12.4. The van der Waals surface area contributed by atoms with Crippen molar-refractivity contribution in [3.05, 3.63) is 47.8 Å². The van der Waals surface area contributed by atoms with Crippen molar-refractivity contribution in [2.24, 2.45) is 0 Å². The fraction of sp³-hybridized carbons (Fsp3) is 0.444. The number of likely N-dealkylation sites (tertiary alicyclic amines) is 1. The van der Waals surface area contributed by atoms with Gasteiger partial charge in [0.2, 0.25) is 5.95 Å². The van der Waals surface area contributed by atoms with E-state index in [4.69, 9.17) is 4.74 Å². The molecule has 2 heterocycles. The normalized spacial score (nSPS) is 18.1. The molecule has 8 heteroatoms. The fourth-order valence-electron chi connectivity index (χ4n) is 3.19. The number of methoxy groups -OCH3 is 1. The third kappa shape index (κ3) is 4.07. The van der Waals surface area contributed by atoms with Crippen LogP contribution in [0.5, 0.6) is 5.75 Å². The lowest BCUT2D eigenvalue weighted by atomic mass is 10.2. The topological polar surface area (TPSA) is 41.5 Å². The second kappa shape index (κ2) is 7.49. The predicted octanol–water partition coefficient (Wildman–Crippen LogP) is 3.21. The van der Waals surface area contributed by atoms with Crippen LogP contribution in [0, 0.1) is 0 Å². The van der Waals surface area contributed by atoms with Crippen LogP contribution in [0.15, 0.2) is 36.5 Å². The molecule has 0 N–H and O–H groups in total. The number of rotatable bonds is 5. The van der Waals surface area contributed by atoms with Gasteiger partial charge in [-0.15, -0.1) is 0 Å². The quantitative estimate of drug-likeness (QED) is 0.813. The maximum absolute atomic E-state index is 12.9. The monoisotopic (exact) mass is 366 g/mol. The molecule has 1 aromatic heterocycles. The minimum Gasteiger partial charge on any atom is -0.496 e. The molecule has 1 atom stereocenters. The van der Waals surface area contributed by atoms with Crippen LogP contribution in [-0.2, 0) is 12.7 Å². The van der Waals surface area contributed by atoms with E-state index in [0.717, 1.165) is 49.6 Å². The lowest BCUT2D eigenvalue weighted by molar-refractivity contribution is -0.141. The van der Waals surface area contributed by atoms with Gasteiger partial charge in [-0.3, -0.25) is 4.90 Å². The molecule has 2 aromatic rings. The second-order valence-electron chi connectivity index (χ2n) is 6.34. The predicted molar refractivity (Wildman–Crippen MR) is 92.1 cm³/mol. The third-order valence-corrected chi connectivity index (χ3v) is 4.63. The van der Waals surface area contributed by atoms with E-state index in [9.17, 15) is 13.2 Å². The lowest BCUT2D eigenvalue weighted by Gasteiger charge is -2.25. The van der Waals surface area contributed by atoms with Crippen molar-refractivity contribution < 1.29 is 17.9 Å². The van der Waals surface area contributed by atoms with Crippen LogP contribution < -0.4 is 9.64 Å². The number of halogens is 3. The van der Waals surface area contributed by atoms with Gasteiger partial charge in [0.1, 0.15) is 11.4 Å². The first kappa shape index (κ1) is 18.4. The Morgan fingerprint density at radius 2 is 2.04 bits per heavy atom. The van der Waals surface area contributed by atoms with Gasteiger partial charge in [0, 0.05) is 44.5 Å². The summed E-state index contributed by atoms with van der Waals surface area (Å²) in [6.45, 7) is 2.32. The largest absolute Gasteiger partial charge is 0.496 e. The summed E-state index contributed by atoms with van der Waals surface area (Å²) >= 11 is 0. The molecule has 1 saturated heterocycles. The number of para-hydroxylation sites is 1. The summed E-state index contributed by atoms with van der Waals surface area (Å²) in [4.78, 5) is 11.7. The van der Waals surface area contributed by atoms with Crippen molar-refractivity contribution in [3.63, 3.8) is 0 Å². The molecule has 0 radical (unpaired) electrons. The van der Waals surface area contributed by atoms with Crippen LogP contribution in [0.2, 0.25) is 0 Å². The summed E-state index contributed by atoms with van der Waals surface area (Å²) in [6.07, 6.45) is -2.47. The molecule has 3 rings (SSSR count). The van der Waals surface area contributed by atoms with E-state index in [-0.39, 0.29) is 12.0 Å². The number of anilines is 1. The van der Waals surface area contributed by atoms with Gasteiger partial charge in [-0.2, -0.15) is 13.2 Å². The van der Waals surface area contributed by atoms with Crippen LogP contribution in [0.4, 0.5) is 19.1 Å². The average Bonchev–Trinajstić information content (AvgIpc) is 3.09. The van der Waals surface area contributed by atoms with Crippen molar-refractivity contribution in [1.29, 1.82) is 0 Å². The van der Waals surface area contributed by atoms with Gasteiger partial charge in [-0.25, -0.2) is 9.97 Å². The number of nitrogens with zero attached hydrogens (tertiary/aromatic N) is 4. The van der Waals surface area contributed by atoms with Gasteiger partial charge in [-0.05, 0) is 18.6 Å². The molecule has 0 spiro atoms. The second-order valence-corrected chi connectivity index (χ2v) is 6.34. The van der Waals surface area contributed by atoms with Crippen molar-refractivity contribution in [2.75, 3.05) is 32.1 Å². The molecule has 0 bridgehead atoms. The minimum atomic E-state index is -4.47. The molecular formula is C18H21F3N4O. The molecule has 5 nitrogen and oxygen atoms in total. The average molecular weight is 366 g/mol. The van der Waals surface area contributed by atoms with E-state index in [2.05, 4.69) is 14.9 Å². The van der Waals surface area contributed by atoms with E-state index in [1.165, 1.54) is 0 Å². The number of hydrogen-bond acceptors (Lipinski definition) is 5.